The highest BCUT2D eigenvalue weighted by atomic mass is 32.2. The number of ether oxygens (including phenoxy) is 1. The first-order chi connectivity index (χ1) is 13.1. The molecule has 0 amide bonds. The van der Waals surface area contributed by atoms with Crippen molar-refractivity contribution in [3.8, 4) is 6.07 Å². The number of allylic oxidation sites excluding steroid dienone is 1. The van der Waals surface area contributed by atoms with E-state index in [2.05, 4.69) is 4.72 Å². The topological polar surface area (TPSA) is 143 Å². The summed E-state index contributed by atoms with van der Waals surface area (Å²) in [6.45, 7) is 1.69. The quantitative estimate of drug-likeness (QED) is 0.470. The number of rotatable bonds is 6. The van der Waals surface area contributed by atoms with Gasteiger partial charge >= 0.3 is 0 Å². The second-order valence-corrected chi connectivity index (χ2v) is 8.39. The Labute approximate surface area is 164 Å². The van der Waals surface area contributed by atoms with E-state index in [9.17, 15) is 29.0 Å². The largest absolute Gasteiger partial charge is 0.388 e. The number of anilines is 1. The average molecular weight is 411 g/mol. The molecule has 1 aromatic rings. The highest BCUT2D eigenvalue weighted by molar-refractivity contribution is 7.93. The van der Waals surface area contributed by atoms with Crippen molar-refractivity contribution in [3.63, 3.8) is 0 Å². The number of aliphatic hydroxyl groups excluding tert-OH is 3. The zero-order valence-electron chi connectivity index (χ0n) is 15.8. The van der Waals surface area contributed by atoms with Gasteiger partial charge in [0.2, 0.25) is 0 Å². The number of hydrogen-bond acceptors (Lipinski definition) is 8. The molecule has 1 heterocycles. The van der Waals surface area contributed by atoms with E-state index in [1.54, 1.807) is 37.3 Å². The summed E-state index contributed by atoms with van der Waals surface area (Å²) in [4.78, 5) is 1.27. The van der Waals surface area contributed by atoms with Crippen LogP contribution >= 0.6 is 0 Å². The molecule has 5 atom stereocenters. The summed E-state index contributed by atoms with van der Waals surface area (Å²) in [5.41, 5.74) is 1.39. The Kier molecular flexibility index (Phi) is 7.16. The van der Waals surface area contributed by atoms with Crippen molar-refractivity contribution < 1.29 is 28.5 Å². The molecule has 0 aromatic heterocycles. The molecule has 2 rings (SSSR count). The van der Waals surface area contributed by atoms with Crippen LogP contribution in [-0.4, -0.2) is 68.5 Å². The van der Waals surface area contributed by atoms with E-state index in [1.807, 2.05) is 19.0 Å². The predicted octanol–water partition coefficient (Wildman–Crippen LogP) is -0.246. The third-order valence-electron chi connectivity index (χ3n) is 4.52. The van der Waals surface area contributed by atoms with E-state index < -0.39 is 45.6 Å². The van der Waals surface area contributed by atoms with Crippen LogP contribution in [0.3, 0.4) is 0 Å². The number of nitrogens with zero attached hydrogens (tertiary/aromatic N) is 2. The first-order valence-electron chi connectivity index (χ1n) is 8.72. The smallest absolute Gasteiger partial charge is 0.251 e. The summed E-state index contributed by atoms with van der Waals surface area (Å²) in [5, 5.41) is 39.5. The van der Waals surface area contributed by atoms with Crippen molar-refractivity contribution in [3.05, 3.63) is 34.7 Å². The summed E-state index contributed by atoms with van der Waals surface area (Å²) in [6, 6.07) is 6.95. The third-order valence-corrected chi connectivity index (χ3v) is 5.89. The molecule has 1 saturated heterocycles. The van der Waals surface area contributed by atoms with Gasteiger partial charge in [0.15, 0.2) is 11.2 Å². The van der Waals surface area contributed by atoms with Gasteiger partial charge in [-0.3, -0.25) is 0 Å². The highest BCUT2D eigenvalue weighted by Gasteiger charge is 2.45. The number of sulfonamides is 1. The number of nitrogens with one attached hydrogen (secondary N) is 1. The molecule has 28 heavy (non-hydrogen) atoms. The Morgan fingerprint density at radius 1 is 1.25 bits per heavy atom. The molecule has 1 aromatic carbocycles. The van der Waals surface area contributed by atoms with E-state index in [0.717, 1.165) is 5.69 Å². The second kappa shape index (κ2) is 9.00. The van der Waals surface area contributed by atoms with Crippen LogP contribution in [-0.2, 0) is 14.8 Å². The van der Waals surface area contributed by atoms with Gasteiger partial charge in [-0.05, 0) is 30.2 Å². The molecule has 0 radical (unpaired) electrons. The van der Waals surface area contributed by atoms with Crippen LogP contribution < -0.4 is 9.62 Å². The van der Waals surface area contributed by atoms with Crippen molar-refractivity contribution in [1.82, 2.24) is 4.72 Å². The van der Waals surface area contributed by atoms with Gasteiger partial charge in [-0.15, -0.1) is 0 Å². The van der Waals surface area contributed by atoms with Gasteiger partial charge in [0.05, 0.1) is 6.10 Å². The standard InChI is InChI=1S/C18H25N3O6S/c1-4-14-16(22)17(23)15(18(24)27-14)20-28(25,26)13(10-19)9-11-5-7-12(8-6-11)21(2)3/h5-9,14-18,20,22-24H,4H2,1-3H3/b13-9+/t14-,15-,16-,17-,18?/m1/s1. The van der Waals surface area contributed by atoms with Crippen molar-refractivity contribution >= 4 is 21.8 Å². The molecule has 1 aliphatic heterocycles. The van der Waals surface area contributed by atoms with E-state index >= 15 is 0 Å². The average Bonchev–Trinajstić information content (AvgIpc) is 2.66. The fraction of sp³-hybridized carbons (Fsp3) is 0.500. The Bertz CT molecular complexity index is 847. The molecule has 0 spiro atoms. The summed E-state index contributed by atoms with van der Waals surface area (Å²) >= 11 is 0. The molecule has 0 bridgehead atoms. The third kappa shape index (κ3) is 4.88. The van der Waals surface area contributed by atoms with Crippen LogP contribution in [0.5, 0.6) is 0 Å². The van der Waals surface area contributed by atoms with Crippen LogP contribution in [0.4, 0.5) is 5.69 Å². The minimum atomic E-state index is -4.38. The minimum absolute atomic E-state index is 0.320. The van der Waals surface area contributed by atoms with Crippen molar-refractivity contribution in [2.45, 2.75) is 44.0 Å². The summed E-state index contributed by atoms with van der Waals surface area (Å²) in [6.07, 6.45) is -3.97. The van der Waals surface area contributed by atoms with Crippen molar-refractivity contribution in [2.75, 3.05) is 19.0 Å². The molecule has 154 valence electrons. The lowest BCUT2D eigenvalue weighted by Crippen LogP contribution is -2.63. The van der Waals surface area contributed by atoms with E-state index in [0.29, 0.717) is 12.0 Å². The molecule has 1 unspecified atom stereocenters. The first kappa shape index (κ1) is 22.3. The number of benzene rings is 1. The summed E-state index contributed by atoms with van der Waals surface area (Å²) in [7, 11) is -0.659. The van der Waals surface area contributed by atoms with Crippen LogP contribution in [0.1, 0.15) is 18.9 Å². The lowest BCUT2D eigenvalue weighted by atomic mass is 9.96. The molecule has 0 saturated carbocycles. The molecule has 9 nitrogen and oxygen atoms in total. The number of nitriles is 1. The summed E-state index contributed by atoms with van der Waals surface area (Å²) < 4.78 is 32.4. The fourth-order valence-electron chi connectivity index (χ4n) is 2.84. The first-order valence-corrected chi connectivity index (χ1v) is 10.2. The van der Waals surface area contributed by atoms with Gasteiger partial charge in [0, 0.05) is 19.8 Å². The molecule has 1 fully saturated rings. The normalized spacial score (nSPS) is 28.6. The lowest BCUT2D eigenvalue weighted by Gasteiger charge is -2.40. The Hall–Kier alpha value is -2.00. The van der Waals surface area contributed by atoms with E-state index in [-0.39, 0.29) is 0 Å². The van der Waals surface area contributed by atoms with Gasteiger partial charge in [-0.1, -0.05) is 19.1 Å². The Morgan fingerprint density at radius 3 is 2.36 bits per heavy atom. The van der Waals surface area contributed by atoms with Crippen LogP contribution in [0.25, 0.3) is 6.08 Å². The maximum atomic E-state index is 12.6. The molecular formula is C18H25N3O6S. The zero-order chi connectivity index (χ0) is 21.1. The SMILES string of the molecule is CC[C@H]1OC(O)[C@H](NS(=O)(=O)/C(C#N)=C/c2ccc(N(C)C)cc2)[C@@H](O)[C@@H]1O. The van der Waals surface area contributed by atoms with E-state index in [4.69, 9.17) is 4.74 Å². The van der Waals surface area contributed by atoms with Gasteiger partial charge in [0.25, 0.3) is 10.0 Å². The molecule has 1 aliphatic rings. The highest BCUT2D eigenvalue weighted by Crippen LogP contribution is 2.24. The monoisotopic (exact) mass is 411 g/mol. The lowest BCUT2D eigenvalue weighted by molar-refractivity contribution is -0.244. The predicted molar refractivity (Wildman–Crippen MR) is 103 cm³/mol. The van der Waals surface area contributed by atoms with E-state index in [1.165, 1.54) is 6.08 Å². The van der Waals surface area contributed by atoms with Crippen LogP contribution in [0, 0.1) is 11.3 Å². The Morgan fingerprint density at radius 2 is 1.86 bits per heavy atom. The van der Waals surface area contributed by atoms with Crippen molar-refractivity contribution in [1.29, 1.82) is 5.26 Å². The Balaban J connectivity index is 2.25. The minimum Gasteiger partial charge on any atom is -0.388 e. The molecule has 4 N–H and O–H groups in total. The van der Waals surface area contributed by atoms with Gasteiger partial charge in [-0.2, -0.15) is 9.98 Å². The maximum absolute atomic E-state index is 12.6. The van der Waals surface area contributed by atoms with Crippen LogP contribution in [0.2, 0.25) is 0 Å². The summed E-state index contributed by atoms with van der Waals surface area (Å²) in [5.74, 6) is 0. The number of hydrogen-bond donors (Lipinski definition) is 4. The molecule has 0 aliphatic carbocycles. The van der Waals surface area contributed by atoms with Gasteiger partial charge in [0.1, 0.15) is 24.3 Å². The zero-order valence-corrected chi connectivity index (χ0v) is 16.7. The second-order valence-electron chi connectivity index (χ2n) is 6.71. The van der Waals surface area contributed by atoms with Crippen LogP contribution in [0.15, 0.2) is 29.2 Å². The fourth-order valence-corrected chi connectivity index (χ4v) is 4.00. The molecule has 10 heteroatoms. The van der Waals surface area contributed by atoms with Gasteiger partial charge < -0.3 is 25.0 Å². The van der Waals surface area contributed by atoms with Gasteiger partial charge in [-0.25, -0.2) is 8.42 Å². The number of aliphatic hydroxyl groups is 3. The van der Waals surface area contributed by atoms with Crippen molar-refractivity contribution in [2.24, 2.45) is 0 Å². The maximum Gasteiger partial charge on any atom is 0.251 e. The molecular weight excluding hydrogens is 386 g/mol.